The number of aromatic nitrogens is 1. The van der Waals surface area contributed by atoms with E-state index in [4.69, 9.17) is 0 Å². The van der Waals surface area contributed by atoms with Gasteiger partial charge < -0.3 is 15.5 Å². The number of guanidine groups is 1. The highest BCUT2D eigenvalue weighted by molar-refractivity contribution is 7.11. The Morgan fingerprint density at radius 3 is 2.56 bits per heavy atom. The number of nitrogens with zero attached hydrogens (tertiary/aromatic N) is 3. The molecule has 0 saturated carbocycles. The summed E-state index contributed by atoms with van der Waals surface area (Å²) in [6, 6.07) is 6.76. The molecule has 0 radical (unpaired) electrons. The van der Waals surface area contributed by atoms with Crippen LogP contribution in [0.25, 0.3) is 0 Å². The first-order valence-electron chi connectivity index (χ1n) is 8.27. The van der Waals surface area contributed by atoms with Crippen molar-refractivity contribution in [2.75, 3.05) is 34.2 Å². The zero-order valence-electron chi connectivity index (χ0n) is 15.2. The fraction of sp³-hybridized carbons (Fsp3) is 0.444. The van der Waals surface area contributed by atoms with Gasteiger partial charge in [-0.05, 0) is 38.7 Å². The molecule has 0 aliphatic heterocycles. The van der Waals surface area contributed by atoms with Crippen LogP contribution in [-0.4, -0.2) is 50.1 Å². The van der Waals surface area contributed by atoms with Crippen LogP contribution < -0.4 is 10.6 Å². The van der Waals surface area contributed by atoms with Crippen molar-refractivity contribution >= 4 is 17.3 Å². The van der Waals surface area contributed by atoms with E-state index in [-0.39, 0.29) is 11.9 Å². The van der Waals surface area contributed by atoms with Gasteiger partial charge in [0.25, 0.3) is 0 Å². The first-order chi connectivity index (χ1) is 12.0. The Bertz CT molecular complexity index is 681. The summed E-state index contributed by atoms with van der Waals surface area (Å²) < 4.78 is 13.1. The number of hydrogen-bond acceptors (Lipinski definition) is 4. The van der Waals surface area contributed by atoms with Crippen molar-refractivity contribution in [3.05, 3.63) is 51.7 Å². The minimum Gasteiger partial charge on any atom is -0.356 e. The van der Waals surface area contributed by atoms with Crippen LogP contribution in [0.1, 0.15) is 21.5 Å². The number of thiazole rings is 1. The summed E-state index contributed by atoms with van der Waals surface area (Å²) >= 11 is 1.72. The molecule has 0 fully saturated rings. The average molecular weight is 364 g/mol. The Morgan fingerprint density at radius 1 is 1.28 bits per heavy atom. The summed E-state index contributed by atoms with van der Waals surface area (Å²) in [5.74, 6) is 0.534. The first-order valence-corrected chi connectivity index (χ1v) is 9.09. The molecule has 136 valence electrons. The zero-order chi connectivity index (χ0) is 18.2. The van der Waals surface area contributed by atoms with Crippen LogP contribution in [0, 0.1) is 12.7 Å². The molecule has 0 aliphatic carbocycles. The summed E-state index contributed by atoms with van der Waals surface area (Å²) in [7, 11) is 5.78. The third-order valence-electron chi connectivity index (χ3n) is 3.87. The highest BCUT2D eigenvalue weighted by Crippen LogP contribution is 2.17. The van der Waals surface area contributed by atoms with Crippen LogP contribution in [-0.2, 0) is 6.42 Å². The molecule has 0 aliphatic rings. The van der Waals surface area contributed by atoms with E-state index >= 15 is 0 Å². The number of hydrogen-bond donors (Lipinski definition) is 2. The van der Waals surface area contributed by atoms with E-state index in [1.54, 1.807) is 18.4 Å². The number of aryl methyl sites for hydroxylation is 1. The lowest BCUT2D eigenvalue weighted by Gasteiger charge is -2.26. The maximum Gasteiger partial charge on any atom is 0.191 e. The lowest BCUT2D eigenvalue weighted by Crippen LogP contribution is -2.42. The van der Waals surface area contributed by atoms with E-state index in [1.807, 2.05) is 32.4 Å². The Balaban J connectivity index is 1.85. The summed E-state index contributed by atoms with van der Waals surface area (Å²) in [5.41, 5.74) is 1.06. The van der Waals surface area contributed by atoms with Gasteiger partial charge >= 0.3 is 0 Å². The second-order valence-corrected chi connectivity index (χ2v) is 7.34. The number of likely N-dealkylation sites (N-methyl/N-ethyl adjacent to an activating group) is 1. The number of benzene rings is 1. The summed E-state index contributed by atoms with van der Waals surface area (Å²) in [4.78, 5) is 12.0. The standard InChI is InChI=1S/C18H26FN5S/c1-13-11-22-17(25-13)9-10-21-18(20-2)23-12-16(24(3)4)14-5-7-15(19)8-6-14/h5-8,11,16H,9-10,12H2,1-4H3,(H2,20,21,23). The Labute approximate surface area is 153 Å². The number of nitrogens with one attached hydrogen (secondary N) is 2. The molecule has 5 nitrogen and oxygen atoms in total. The zero-order valence-corrected chi connectivity index (χ0v) is 16.0. The van der Waals surface area contributed by atoms with Crippen molar-refractivity contribution in [1.82, 2.24) is 20.5 Å². The van der Waals surface area contributed by atoms with E-state index in [1.165, 1.54) is 17.0 Å². The van der Waals surface area contributed by atoms with Gasteiger partial charge in [-0.1, -0.05) is 12.1 Å². The number of rotatable bonds is 7. The molecule has 1 aromatic carbocycles. The van der Waals surface area contributed by atoms with Crippen LogP contribution in [0.5, 0.6) is 0 Å². The van der Waals surface area contributed by atoms with Gasteiger partial charge in [-0.15, -0.1) is 11.3 Å². The van der Waals surface area contributed by atoms with E-state index < -0.39 is 0 Å². The molecule has 2 rings (SSSR count). The van der Waals surface area contributed by atoms with E-state index in [2.05, 4.69) is 32.4 Å². The quantitative estimate of drug-likeness (QED) is 0.586. The smallest absolute Gasteiger partial charge is 0.191 e. The minimum absolute atomic E-state index is 0.126. The first kappa shape index (κ1) is 19.3. The maximum atomic E-state index is 13.1. The Kier molecular flexibility index (Phi) is 7.33. The van der Waals surface area contributed by atoms with Crippen LogP contribution in [0.3, 0.4) is 0 Å². The maximum absolute atomic E-state index is 13.1. The average Bonchev–Trinajstić information content (AvgIpc) is 3.00. The molecule has 0 amide bonds. The van der Waals surface area contributed by atoms with Crippen molar-refractivity contribution in [3.63, 3.8) is 0 Å². The molecule has 0 spiro atoms. The second kappa shape index (κ2) is 9.48. The van der Waals surface area contributed by atoms with Gasteiger partial charge in [0, 0.05) is 37.6 Å². The summed E-state index contributed by atoms with van der Waals surface area (Å²) in [6.45, 7) is 3.51. The molecule has 7 heteroatoms. The van der Waals surface area contributed by atoms with Crippen LogP contribution >= 0.6 is 11.3 Å². The lowest BCUT2D eigenvalue weighted by atomic mass is 10.1. The molecule has 1 aromatic heterocycles. The fourth-order valence-corrected chi connectivity index (χ4v) is 3.29. The van der Waals surface area contributed by atoms with E-state index in [0.717, 1.165) is 29.5 Å². The van der Waals surface area contributed by atoms with Crippen LogP contribution in [0.4, 0.5) is 4.39 Å². The minimum atomic E-state index is -0.218. The van der Waals surface area contributed by atoms with Crippen LogP contribution in [0.15, 0.2) is 35.5 Å². The van der Waals surface area contributed by atoms with Crippen molar-refractivity contribution in [2.45, 2.75) is 19.4 Å². The molecular weight excluding hydrogens is 337 g/mol. The topological polar surface area (TPSA) is 52.6 Å². The van der Waals surface area contributed by atoms with Gasteiger partial charge in [0.1, 0.15) is 5.82 Å². The molecule has 0 saturated heterocycles. The second-order valence-electron chi connectivity index (χ2n) is 6.03. The van der Waals surface area contributed by atoms with Gasteiger partial charge in [0.2, 0.25) is 0 Å². The lowest BCUT2D eigenvalue weighted by molar-refractivity contribution is 0.298. The highest BCUT2D eigenvalue weighted by atomic mass is 32.1. The van der Waals surface area contributed by atoms with Crippen molar-refractivity contribution in [1.29, 1.82) is 0 Å². The van der Waals surface area contributed by atoms with Crippen molar-refractivity contribution in [3.8, 4) is 0 Å². The molecular formula is C18H26FN5S. The molecule has 1 heterocycles. The molecule has 2 aromatic rings. The van der Waals surface area contributed by atoms with Crippen molar-refractivity contribution in [2.24, 2.45) is 4.99 Å². The SMILES string of the molecule is CN=C(NCCc1ncc(C)s1)NCC(c1ccc(F)cc1)N(C)C. The molecule has 0 bridgehead atoms. The molecule has 25 heavy (non-hydrogen) atoms. The monoisotopic (exact) mass is 363 g/mol. The van der Waals surface area contributed by atoms with E-state index in [0.29, 0.717) is 6.54 Å². The van der Waals surface area contributed by atoms with Gasteiger partial charge in [-0.25, -0.2) is 9.37 Å². The number of halogens is 1. The largest absolute Gasteiger partial charge is 0.356 e. The van der Waals surface area contributed by atoms with Gasteiger partial charge in [0.15, 0.2) is 5.96 Å². The third-order valence-corrected chi connectivity index (χ3v) is 4.84. The summed E-state index contributed by atoms with van der Waals surface area (Å²) in [5, 5.41) is 7.77. The van der Waals surface area contributed by atoms with Gasteiger partial charge in [-0.3, -0.25) is 4.99 Å². The number of aliphatic imine (C=N–C) groups is 1. The van der Waals surface area contributed by atoms with Crippen molar-refractivity contribution < 1.29 is 4.39 Å². The molecule has 1 atom stereocenters. The van der Waals surface area contributed by atoms with Crippen LogP contribution in [0.2, 0.25) is 0 Å². The predicted molar refractivity (Wildman–Crippen MR) is 103 cm³/mol. The van der Waals surface area contributed by atoms with Gasteiger partial charge in [0.05, 0.1) is 11.0 Å². The third kappa shape index (κ3) is 6.10. The predicted octanol–water partition coefficient (Wildman–Crippen LogP) is 2.60. The molecule has 2 N–H and O–H groups in total. The Morgan fingerprint density at radius 2 is 2.00 bits per heavy atom. The van der Waals surface area contributed by atoms with E-state index in [9.17, 15) is 4.39 Å². The fourth-order valence-electron chi connectivity index (χ4n) is 2.50. The van der Waals surface area contributed by atoms with Gasteiger partial charge in [-0.2, -0.15) is 0 Å². The summed E-state index contributed by atoms with van der Waals surface area (Å²) in [6.07, 6.45) is 2.77. The Hall–Kier alpha value is -1.99. The molecule has 1 unspecified atom stereocenters. The normalized spacial score (nSPS) is 13.1. The highest BCUT2D eigenvalue weighted by Gasteiger charge is 2.14.